The molecular formula is C18H23N3O4S. The van der Waals surface area contributed by atoms with Crippen molar-refractivity contribution in [2.75, 3.05) is 26.0 Å². The van der Waals surface area contributed by atoms with Crippen LogP contribution in [0.25, 0.3) is 11.3 Å². The zero-order valence-electron chi connectivity index (χ0n) is 15.1. The minimum Gasteiger partial charge on any atom is -0.496 e. The Morgan fingerprint density at radius 2 is 2.04 bits per heavy atom. The van der Waals surface area contributed by atoms with Gasteiger partial charge in [-0.2, -0.15) is 5.10 Å². The number of benzene rings is 1. The summed E-state index contributed by atoms with van der Waals surface area (Å²) in [6.07, 6.45) is 0. The van der Waals surface area contributed by atoms with Crippen LogP contribution in [0.5, 0.6) is 5.75 Å². The molecule has 1 fully saturated rings. The molecule has 1 N–H and O–H groups in total. The number of hydrogen-bond donors (Lipinski definition) is 1. The number of ether oxygens (including phenoxy) is 1. The lowest BCUT2D eigenvalue weighted by molar-refractivity contribution is 0.0652. The molecule has 26 heavy (non-hydrogen) atoms. The van der Waals surface area contributed by atoms with Gasteiger partial charge in [0.2, 0.25) is 0 Å². The molecule has 1 aromatic carbocycles. The highest BCUT2D eigenvalue weighted by atomic mass is 32.2. The summed E-state index contributed by atoms with van der Waals surface area (Å²) in [5.41, 5.74) is 1.73. The predicted molar refractivity (Wildman–Crippen MR) is 98.9 cm³/mol. The number of sulfone groups is 1. The number of methoxy groups -OCH3 is 1. The van der Waals surface area contributed by atoms with Gasteiger partial charge in [0.15, 0.2) is 9.84 Å². The molecule has 1 aliphatic heterocycles. The van der Waals surface area contributed by atoms with E-state index in [1.807, 2.05) is 38.1 Å². The Labute approximate surface area is 153 Å². The summed E-state index contributed by atoms with van der Waals surface area (Å²) < 4.78 is 29.7. The number of aromatic nitrogens is 2. The first-order valence-electron chi connectivity index (χ1n) is 8.51. The number of H-pyrrole nitrogens is 1. The molecule has 0 saturated carbocycles. The van der Waals surface area contributed by atoms with Gasteiger partial charge in [0.05, 0.1) is 23.8 Å². The SMILES string of the molecule is COc1ccccc1-c1cc(C(=O)N2CC(S(=O)(=O)CC(C)C)C2)[nH]n1. The maximum atomic E-state index is 12.5. The molecule has 0 atom stereocenters. The molecular weight excluding hydrogens is 354 g/mol. The summed E-state index contributed by atoms with van der Waals surface area (Å²) in [4.78, 5) is 14.1. The summed E-state index contributed by atoms with van der Waals surface area (Å²) in [6.45, 7) is 4.22. The fraction of sp³-hybridized carbons (Fsp3) is 0.444. The molecule has 0 aliphatic carbocycles. The maximum absolute atomic E-state index is 12.5. The average Bonchev–Trinajstić information content (AvgIpc) is 3.01. The largest absolute Gasteiger partial charge is 0.496 e. The highest BCUT2D eigenvalue weighted by molar-refractivity contribution is 7.92. The van der Waals surface area contributed by atoms with Gasteiger partial charge in [-0.3, -0.25) is 9.89 Å². The zero-order chi connectivity index (χ0) is 18.9. The van der Waals surface area contributed by atoms with Crippen LogP contribution in [0.15, 0.2) is 30.3 Å². The number of likely N-dealkylation sites (tertiary alicyclic amines) is 1. The molecule has 0 unspecified atom stereocenters. The highest BCUT2D eigenvalue weighted by Crippen LogP contribution is 2.29. The van der Waals surface area contributed by atoms with Crippen molar-refractivity contribution in [1.82, 2.24) is 15.1 Å². The average molecular weight is 377 g/mol. The summed E-state index contributed by atoms with van der Waals surface area (Å²) in [7, 11) is -1.58. The van der Waals surface area contributed by atoms with Gasteiger partial charge in [0.1, 0.15) is 11.4 Å². The summed E-state index contributed by atoms with van der Waals surface area (Å²) in [5.74, 6) is 0.666. The molecule has 1 saturated heterocycles. The first-order chi connectivity index (χ1) is 12.3. The van der Waals surface area contributed by atoms with Crippen LogP contribution in [0, 0.1) is 5.92 Å². The minimum atomic E-state index is -3.15. The Morgan fingerprint density at radius 1 is 1.35 bits per heavy atom. The van der Waals surface area contributed by atoms with Crippen LogP contribution >= 0.6 is 0 Å². The van der Waals surface area contributed by atoms with Crippen LogP contribution in [-0.2, 0) is 9.84 Å². The van der Waals surface area contributed by atoms with Crippen LogP contribution in [-0.4, -0.2) is 60.6 Å². The molecule has 7 nitrogen and oxygen atoms in total. The second-order valence-electron chi connectivity index (χ2n) is 6.92. The fourth-order valence-electron chi connectivity index (χ4n) is 3.03. The highest BCUT2D eigenvalue weighted by Gasteiger charge is 2.40. The molecule has 0 bridgehead atoms. The van der Waals surface area contributed by atoms with E-state index in [2.05, 4.69) is 10.2 Å². The van der Waals surface area contributed by atoms with Gasteiger partial charge in [-0.05, 0) is 24.1 Å². The van der Waals surface area contributed by atoms with Crippen LogP contribution in [0.1, 0.15) is 24.3 Å². The first kappa shape index (κ1) is 18.4. The van der Waals surface area contributed by atoms with Crippen molar-refractivity contribution in [3.8, 4) is 17.0 Å². The lowest BCUT2D eigenvalue weighted by atomic mass is 10.1. The molecule has 8 heteroatoms. The van der Waals surface area contributed by atoms with E-state index in [1.54, 1.807) is 13.2 Å². The number of rotatable bonds is 6. The van der Waals surface area contributed by atoms with Crippen LogP contribution < -0.4 is 4.74 Å². The third-order valence-electron chi connectivity index (χ3n) is 4.40. The van der Waals surface area contributed by atoms with E-state index in [4.69, 9.17) is 4.74 Å². The Balaban J connectivity index is 1.69. The summed E-state index contributed by atoms with van der Waals surface area (Å²) >= 11 is 0. The molecule has 1 aliphatic rings. The van der Waals surface area contributed by atoms with Crippen LogP contribution in [0.3, 0.4) is 0 Å². The van der Waals surface area contributed by atoms with Crippen molar-refractivity contribution in [2.45, 2.75) is 19.1 Å². The van der Waals surface area contributed by atoms with E-state index in [1.165, 1.54) is 4.90 Å². The van der Waals surface area contributed by atoms with Gasteiger partial charge in [-0.15, -0.1) is 0 Å². The standard InChI is InChI=1S/C18H23N3O4S/c1-12(2)11-26(23,24)13-9-21(10-13)18(22)16-8-15(19-20-16)14-6-4-5-7-17(14)25-3/h4-8,12-13H,9-11H2,1-3H3,(H,19,20). The van der Waals surface area contributed by atoms with Crippen molar-refractivity contribution < 1.29 is 17.9 Å². The van der Waals surface area contributed by atoms with E-state index in [-0.39, 0.29) is 30.7 Å². The molecule has 0 radical (unpaired) electrons. The zero-order valence-corrected chi connectivity index (χ0v) is 15.9. The topological polar surface area (TPSA) is 92.4 Å². The van der Waals surface area contributed by atoms with Crippen molar-refractivity contribution in [2.24, 2.45) is 5.92 Å². The quantitative estimate of drug-likeness (QED) is 0.831. The van der Waals surface area contributed by atoms with Crippen molar-refractivity contribution in [1.29, 1.82) is 0 Å². The number of carbonyl (C=O) groups excluding carboxylic acids is 1. The molecule has 1 amide bonds. The Morgan fingerprint density at radius 3 is 2.69 bits per heavy atom. The maximum Gasteiger partial charge on any atom is 0.271 e. The van der Waals surface area contributed by atoms with Gasteiger partial charge in [-0.25, -0.2) is 8.42 Å². The number of carbonyl (C=O) groups is 1. The number of nitrogens with zero attached hydrogens (tertiary/aromatic N) is 2. The van der Waals surface area contributed by atoms with Gasteiger partial charge in [-0.1, -0.05) is 26.0 Å². The smallest absolute Gasteiger partial charge is 0.271 e. The number of hydrogen-bond acceptors (Lipinski definition) is 5. The lowest BCUT2D eigenvalue weighted by Crippen LogP contribution is -2.57. The Bertz CT molecular complexity index is 899. The van der Waals surface area contributed by atoms with E-state index in [0.29, 0.717) is 17.1 Å². The van der Waals surface area contributed by atoms with Gasteiger partial charge < -0.3 is 9.64 Å². The molecule has 2 heterocycles. The van der Waals surface area contributed by atoms with E-state index in [0.717, 1.165) is 5.56 Å². The molecule has 2 aromatic rings. The monoisotopic (exact) mass is 377 g/mol. The first-order valence-corrected chi connectivity index (χ1v) is 10.2. The van der Waals surface area contributed by atoms with Gasteiger partial charge >= 0.3 is 0 Å². The van der Waals surface area contributed by atoms with Crippen molar-refractivity contribution in [3.63, 3.8) is 0 Å². The second kappa shape index (κ2) is 7.11. The van der Waals surface area contributed by atoms with Crippen molar-refractivity contribution >= 4 is 15.7 Å². The van der Waals surface area contributed by atoms with E-state index >= 15 is 0 Å². The second-order valence-corrected chi connectivity index (χ2v) is 9.25. The molecule has 140 valence electrons. The molecule has 0 spiro atoms. The summed E-state index contributed by atoms with van der Waals surface area (Å²) in [5, 5.41) is 6.47. The van der Waals surface area contributed by atoms with Crippen molar-refractivity contribution in [3.05, 3.63) is 36.0 Å². The van der Waals surface area contributed by atoms with Gasteiger partial charge in [0.25, 0.3) is 5.91 Å². The number of para-hydroxylation sites is 1. The lowest BCUT2D eigenvalue weighted by Gasteiger charge is -2.38. The molecule has 3 rings (SSSR count). The van der Waals surface area contributed by atoms with E-state index < -0.39 is 15.1 Å². The van der Waals surface area contributed by atoms with Gasteiger partial charge in [0, 0.05) is 18.7 Å². The van der Waals surface area contributed by atoms with E-state index in [9.17, 15) is 13.2 Å². The Hall–Kier alpha value is -2.35. The number of amides is 1. The Kier molecular flexibility index (Phi) is 5.04. The van der Waals surface area contributed by atoms with Crippen LogP contribution in [0.2, 0.25) is 0 Å². The predicted octanol–water partition coefficient (Wildman–Crippen LogP) is 1.98. The summed E-state index contributed by atoms with van der Waals surface area (Å²) in [6, 6.07) is 9.08. The third kappa shape index (κ3) is 3.60. The third-order valence-corrected chi connectivity index (χ3v) is 6.85. The minimum absolute atomic E-state index is 0.0840. The van der Waals surface area contributed by atoms with Crippen LogP contribution in [0.4, 0.5) is 0 Å². The normalized spacial score (nSPS) is 15.2. The number of aromatic amines is 1. The molecule has 1 aromatic heterocycles. The fourth-order valence-corrected chi connectivity index (χ4v) is 5.04. The number of nitrogens with one attached hydrogen (secondary N) is 1.